The molecule has 0 rings (SSSR count). The van der Waals surface area contributed by atoms with Crippen molar-refractivity contribution in [3.05, 3.63) is 6.92 Å². The summed E-state index contributed by atoms with van der Waals surface area (Å²) in [5.74, 6) is 1.01. The predicted octanol–water partition coefficient (Wildman–Crippen LogP) is 12.8. The fourth-order valence-corrected chi connectivity index (χ4v) is 5.41. The fraction of sp³-hybridized carbons (Fsp3) is 0.970. The average Bonchev–Trinajstić information content (AvgIpc) is 2.82. The van der Waals surface area contributed by atoms with Crippen LogP contribution in [0.2, 0.25) is 0 Å². The predicted molar refractivity (Wildman–Crippen MR) is 154 cm³/mol. The van der Waals surface area contributed by atoms with Crippen LogP contribution in [0.3, 0.4) is 0 Å². The molecule has 33 heavy (non-hydrogen) atoms. The quantitative estimate of drug-likeness (QED) is 0.0967. The third-order valence-corrected chi connectivity index (χ3v) is 7.79. The molecular formula is C33H67. The number of unbranched alkanes of at least 4 members (excludes halogenated alkanes) is 23. The van der Waals surface area contributed by atoms with Crippen molar-refractivity contribution in [3.8, 4) is 0 Å². The van der Waals surface area contributed by atoms with Gasteiger partial charge in [-0.15, -0.1) is 0 Å². The van der Waals surface area contributed by atoms with Gasteiger partial charge in [0.1, 0.15) is 0 Å². The Labute approximate surface area is 212 Å². The van der Waals surface area contributed by atoms with Gasteiger partial charge in [0.05, 0.1) is 0 Å². The number of hydrogen-bond donors (Lipinski definition) is 0. The lowest BCUT2D eigenvalue weighted by atomic mass is 9.89. The lowest BCUT2D eigenvalue weighted by Crippen LogP contribution is -2.01. The minimum absolute atomic E-state index is 1.01. The van der Waals surface area contributed by atoms with Crippen LogP contribution in [0.25, 0.3) is 0 Å². The van der Waals surface area contributed by atoms with Gasteiger partial charge in [0.2, 0.25) is 0 Å². The van der Waals surface area contributed by atoms with Gasteiger partial charge >= 0.3 is 0 Å². The van der Waals surface area contributed by atoms with E-state index in [1.807, 2.05) is 0 Å². The Morgan fingerprint density at radius 1 is 0.333 bits per heavy atom. The van der Waals surface area contributed by atoms with Crippen LogP contribution in [0, 0.1) is 12.8 Å². The van der Waals surface area contributed by atoms with Crippen LogP contribution >= 0.6 is 0 Å². The molecule has 0 fully saturated rings. The minimum Gasteiger partial charge on any atom is -0.0654 e. The molecular weight excluding hydrogens is 396 g/mol. The topological polar surface area (TPSA) is 0 Å². The zero-order valence-electron chi connectivity index (χ0n) is 23.8. The van der Waals surface area contributed by atoms with Crippen LogP contribution in [0.1, 0.15) is 200 Å². The zero-order chi connectivity index (χ0) is 24.1. The van der Waals surface area contributed by atoms with E-state index in [0.29, 0.717) is 0 Å². The van der Waals surface area contributed by atoms with Gasteiger partial charge in [-0.1, -0.05) is 207 Å². The van der Waals surface area contributed by atoms with Crippen molar-refractivity contribution < 1.29 is 0 Å². The summed E-state index contributed by atoms with van der Waals surface area (Å²) >= 11 is 0. The normalized spacial score (nSPS) is 12.5. The molecule has 1 unspecified atom stereocenters. The molecule has 0 heterocycles. The van der Waals surface area contributed by atoms with Gasteiger partial charge in [-0.25, -0.2) is 0 Å². The second-order valence-electron chi connectivity index (χ2n) is 11.2. The van der Waals surface area contributed by atoms with Crippen LogP contribution in [-0.2, 0) is 0 Å². The van der Waals surface area contributed by atoms with Crippen LogP contribution < -0.4 is 0 Å². The molecule has 0 saturated heterocycles. The SMILES string of the molecule is [CH2]CCCCC(CCCCCCCCC)CCCCCCCCCCCCCCCCCC. The largest absolute Gasteiger partial charge is 0.0654 e. The Balaban J connectivity index is 3.49. The molecule has 0 saturated carbocycles. The van der Waals surface area contributed by atoms with Crippen molar-refractivity contribution in [2.45, 2.75) is 200 Å². The Morgan fingerprint density at radius 3 is 0.848 bits per heavy atom. The molecule has 0 aromatic rings. The average molecular weight is 464 g/mol. The third kappa shape index (κ3) is 28.1. The summed E-state index contributed by atoms with van der Waals surface area (Å²) in [6.07, 6.45) is 42.2. The van der Waals surface area contributed by atoms with Gasteiger partial charge in [-0.3, -0.25) is 0 Å². The molecule has 0 N–H and O–H groups in total. The Morgan fingerprint density at radius 2 is 0.576 bits per heavy atom. The van der Waals surface area contributed by atoms with Crippen molar-refractivity contribution in [1.82, 2.24) is 0 Å². The van der Waals surface area contributed by atoms with Crippen LogP contribution in [0.4, 0.5) is 0 Å². The van der Waals surface area contributed by atoms with Gasteiger partial charge in [-0.2, -0.15) is 0 Å². The summed E-state index contributed by atoms with van der Waals surface area (Å²) in [5, 5.41) is 0. The zero-order valence-corrected chi connectivity index (χ0v) is 23.8. The van der Waals surface area contributed by atoms with Crippen molar-refractivity contribution in [3.63, 3.8) is 0 Å². The van der Waals surface area contributed by atoms with Crippen LogP contribution in [-0.4, -0.2) is 0 Å². The fourth-order valence-electron chi connectivity index (χ4n) is 5.41. The van der Waals surface area contributed by atoms with Crippen molar-refractivity contribution >= 4 is 0 Å². The maximum absolute atomic E-state index is 4.04. The van der Waals surface area contributed by atoms with Gasteiger partial charge in [0, 0.05) is 0 Å². The molecule has 0 amide bonds. The molecule has 0 aromatic heterocycles. The summed E-state index contributed by atoms with van der Waals surface area (Å²) in [6, 6.07) is 0. The molecule has 0 aliphatic rings. The van der Waals surface area contributed by atoms with Crippen molar-refractivity contribution in [2.24, 2.45) is 5.92 Å². The van der Waals surface area contributed by atoms with Crippen LogP contribution in [0.5, 0.6) is 0 Å². The smallest absolute Gasteiger partial charge is 0.0414 e. The Bertz CT molecular complexity index is 320. The Hall–Kier alpha value is 0. The highest BCUT2D eigenvalue weighted by Gasteiger charge is 2.08. The lowest BCUT2D eigenvalue weighted by molar-refractivity contribution is 0.368. The molecule has 199 valence electrons. The summed E-state index contributed by atoms with van der Waals surface area (Å²) in [6.45, 7) is 8.66. The number of rotatable bonds is 29. The van der Waals surface area contributed by atoms with E-state index in [2.05, 4.69) is 20.8 Å². The highest BCUT2D eigenvalue weighted by atomic mass is 14.1. The van der Waals surface area contributed by atoms with E-state index in [1.165, 1.54) is 180 Å². The molecule has 1 radical (unpaired) electrons. The van der Waals surface area contributed by atoms with E-state index < -0.39 is 0 Å². The molecule has 0 nitrogen and oxygen atoms in total. The van der Waals surface area contributed by atoms with Crippen LogP contribution in [0.15, 0.2) is 0 Å². The monoisotopic (exact) mass is 464 g/mol. The lowest BCUT2D eigenvalue weighted by Gasteiger charge is -2.17. The van der Waals surface area contributed by atoms with E-state index in [4.69, 9.17) is 0 Å². The second kappa shape index (κ2) is 30.0. The first kappa shape index (κ1) is 33.0. The van der Waals surface area contributed by atoms with E-state index in [1.54, 1.807) is 0 Å². The molecule has 1 atom stereocenters. The van der Waals surface area contributed by atoms with Gasteiger partial charge in [0.15, 0.2) is 0 Å². The minimum atomic E-state index is 1.01. The van der Waals surface area contributed by atoms with Crippen molar-refractivity contribution in [2.75, 3.05) is 0 Å². The maximum Gasteiger partial charge on any atom is -0.0414 e. The first-order chi connectivity index (χ1) is 16.3. The second-order valence-corrected chi connectivity index (χ2v) is 11.2. The summed E-state index contributed by atoms with van der Waals surface area (Å²) in [4.78, 5) is 0. The molecule has 0 spiro atoms. The van der Waals surface area contributed by atoms with E-state index in [-0.39, 0.29) is 0 Å². The van der Waals surface area contributed by atoms with Crippen molar-refractivity contribution in [1.29, 1.82) is 0 Å². The first-order valence-corrected chi connectivity index (χ1v) is 16.1. The standard InChI is InChI=1S/C33H67/c1-4-7-10-12-14-15-16-17-18-19-20-21-22-24-26-29-32-33(30-27-9-6-3)31-28-25-23-13-11-8-5-2/h33H,3-32H2,1-2H3. The van der Waals surface area contributed by atoms with Gasteiger partial charge in [0.25, 0.3) is 0 Å². The third-order valence-electron chi connectivity index (χ3n) is 7.79. The van der Waals surface area contributed by atoms with E-state index in [0.717, 1.165) is 12.3 Å². The van der Waals surface area contributed by atoms with Gasteiger partial charge < -0.3 is 0 Å². The Kier molecular flexibility index (Phi) is 30.0. The molecule has 0 bridgehead atoms. The molecule has 0 aliphatic carbocycles. The summed E-state index contributed by atoms with van der Waals surface area (Å²) < 4.78 is 0. The molecule has 0 aromatic carbocycles. The maximum atomic E-state index is 4.04. The first-order valence-electron chi connectivity index (χ1n) is 16.1. The van der Waals surface area contributed by atoms with E-state index in [9.17, 15) is 0 Å². The highest BCUT2D eigenvalue weighted by Crippen LogP contribution is 2.24. The molecule has 0 heteroatoms. The highest BCUT2D eigenvalue weighted by molar-refractivity contribution is 4.62. The number of hydrogen-bond acceptors (Lipinski definition) is 0. The summed E-state index contributed by atoms with van der Waals surface area (Å²) in [7, 11) is 0. The molecule has 0 aliphatic heterocycles. The van der Waals surface area contributed by atoms with Gasteiger partial charge in [-0.05, 0) is 5.92 Å². The summed E-state index contributed by atoms with van der Waals surface area (Å²) in [5.41, 5.74) is 0. The van der Waals surface area contributed by atoms with E-state index >= 15 is 0 Å².